The molecule has 0 saturated heterocycles. The van der Waals surface area contributed by atoms with Gasteiger partial charge in [-0.2, -0.15) is 8.42 Å². The van der Waals surface area contributed by atoms with Gasteiger partial charge in [0.25, 0.3) is 10.0 Å². The number of nitrogens with one attached hydrogen (secondary N) is 1. The van der Waals surface area contributed by atoms with E-state index in [1.165, 1.54) is 0 Å². The minimum atomic E-state index is -3.67. The van der Waals surface area contributed by atoms with E-state index in [1.54, 1.807) is 25.3 Å². The molecular weight excluding hydrogens is 354 g/mol. The largest absolute Gasteiger partial charge is 0.334 e. The number of hydrogen-bond acceptors (Lipinski definition) is 3. The minimum absolute atomic E-state index is 0.0516. The Balaban J connectivity index is 2.32. The first kappa shape index (κ1) is 16.0. The number of aromatic nitrogens is 2. The number of imidazole rings is 1. The van der Waals surface area contributed by atoms with Crippen LogP contribution in [0.3, 0.4) is 0 Å². The molecule has 0 amide bonds. The Morgan fingerprint density at radius 1 is 1.33 bits per heavy atom. The van der Waals surface area contributed by atoms with E-state index in [0.29, 0.717) is 11.5 Å². The Bertz CT molecular complexity index is 754. The summed E-state index contributed by atoms with van der Waals surface area (Å²) in [5.41, 5.74) is 1.40. The molecule has 2 rings (SSSR count). The summed E-state index contributed by atoms with van der Waals surface area (Å²) in [6.45, 7) is 6.45. The monoisotopic (exact) mass is 371 g/mol. The third-order valence-electron chi connectivity index (χ3n) is 3.13. The van der Waals surface area contributed by atoms with Crippen LogP contribution in [0.1, 0.15) is 24.7 Å². The van der Waals surface area contributed by atoms with E-state index in [-0.39, 0.29) is 5.03 Å². The van der Waals surface area contributed by atoms with E-state index >= 15 is 0 Å². The molecule has 0 radical (unpaired) electrons. The van der Waals surface area contributed by atoms with Gasteiger partial charge in [0.15, 0.2) is 5.03 Å². The Kier molecular flexibility index (Phi) is 4.73. The molecule has 5 nitrogen and oxygen atoms in total. The molecule has 0 aliphatic carbocycles. The fraction of sp³-hybridized carbons (Fsp3) is 0.357. The van der Waals surface area contributed by atoms with E-state index in [9.17, 15) is 8.42 Å². The van der Waals surface area contributed by atoms with Crippen molar-refractivity contribution in [1.82, 2.24) is 9.55 Å². The van der Waals surface area contributed by atoms with Crippen LogP contribution in [0.15, 0.2) is 33.9 Å². The summed E-state index contributed by atoms with van der Waals surface area (Å²) in [5.74, 6) is 0.699. The maximum absolute atomic E-state index is 12.4. The van der Waals surface area contributed by atoms with Crippen LogP contribution in [0, 0.1) is 13.8 Å². The molecule has 2 aromatic rings. The number of benzene rings is 1. The molecule has 1 N–H and O–H groups in total. The van der Waals surface area contributed by atoms with Crippen molar-refractivity contribution in [1.29, 1.82) is 0 Å². The first-order valence-corrected chi connectivity index (χ1v) is 8.94. The highest BCUT2D eigenvalue weighted by Crippen LogP contribution is 2.23. The lowest BCUT2D eigenvalue weighted by Crippen LogP contribution is -2.14. The summed E-state index contributed by atoms with van der Waals surface area (Å²) in [6, 6.07) is 5.39. The predicted molar refractivity (Wildman–Crippen MR) is 86.9 cm³/mol. The van der Waals surface area contributed by atoms with E-state index in [2.05, 4.69) is 25.6 Å². The third kappa shape index (κ3) is 3.65. The summed E-state index contributed by atoms with van der Waals surface area (Å²) in [4.78, 5) is 4.15. The smallest absolute Gasteiger partial charge is 0.280 e. The first-order chi connectivity index (χ1) is 9.83. The van der Waals surface area contributed by atoms with Gasteiger partial charge in [-0.25, -0.2) is 4.98 Å². The van der Waals surface area contributed by atoms with Crippen LogP contribution in [0.2, 0.25) is 0 Å². The zero-order valence-electron chi connectivity index (χ0n) is 12.2. The van der Waals surface area contributed by atoms with Gasteiger partial charge in [0.2, 0.25) is 0 Å². The molecule has 114 valence electrons. The maximum atomic E-state index is 12.4. The van der Waals surface area contributed by atoms with Gasteiger partial charge in [-0.1, -0.05) is 22.9 Å². The average Bonchev–Trinajstić information content (AvgIpc) is 2.76. The molecule has 0 unspecified atom stereocenters. The average molecular weight is 372 g/mol. The fourth-order valence-corrected chi connectivity index (χ4v) is 3.63. The van der Waals surface area contributed by atoms with Gasteiger partial charge in [-0.05, 0) is 44.0 Å². The minimum Gasteiger partial charge on any atom is -0.334 e. The molecule has 1 aromatic carbocycles. The van der Waals surface area contributed by atoms with Crippen LogP contribution in [0.4, 0.5) is 5.69 Å². The van der Waals surface area contributed by atoms with Crippen molar-refractivity contribution in [2.24, 2.45) is 0 Å². The topological polar surface area (TPSA) is 64.0 Å². The summed E-state index contributed by atoms with van der Waals surface area (Å²) in [6.07, 6.45) is 2.51. The number of sulfonamides is 1. The molecule has 7 heteroatoms. The van der Waals surface area contributed by atoms with Crippen LogP contribution in [0.5, 0.6) is 0 Å². The second-order valence-corrected chi connectivity index (χ2v) is 7.43. The van der Waals surface area contributed by atoms with Gasteiger partial charge in [0.1, 0.15) is 5.82 Å². The van der Waals surface area contributed by atoms with Crippen LogP contribution < -0.4 is 4.72 Å². The molecular formula is C14H18BrN3O2S. The van der Waals surface area contributed by atoms with Crippen molar-refractivity contribution in [2.45, 2.75) is 38.8 Å². The molecule has 1 aromatic heterocycles. The van der Waals surface area contributed by atoms with Gasteiger partial charge >= 0.3 is 0 Å². The summed E-state index contributed by atoms with van der Waals surface area (Å²) in [5, 5.41) is 0.0516. The molecule has 0 atom stereocenters. The molecule has 0 aliphatic rings. The zero-order chi connectivity index (χ0) is 15.6. The highest BCUT2D eigenvalue weighted by molar-refractivity contribution is 9.10. The van der Waals surface area contributed by atoms with Crippen molar-refractivity contribution >= 4 is 31.6 Å². The second kappa shape index (κ2) is 6.19. The van der Waals surface area contributed by atoms with Gasteiger partial charge in [0.05, 0.1) is 5.69 Å². The number of halogens is 1. The highest BCUT2D eigenvalue weighted by atomic mass is 79.9. The first-order valence-electron chi connectivity index (χ1n) is 6.66. The Labute approximate surface area is 133 Å². The summed E-state index contributed by atoms with van der Waals surface area (Å²) in [7, 11) is -3.67. The number of anilines is 1. The van der Waals surface area contributed by atoms with Crippen LogP contribution in [-0.2, 0) is 16.6 Å². The van der Waals surface area contributed by atoms with Gasteiger partial charge in [0, 0.05) is 17.2 Å². The maximum Gasteiger partial charge on any atom is 0.280 e. The quantitative estimate of drug-likeness (QED) is 0.874. The molecule has 21 heavy (non-hydrogen) atoms. The number of rotatable bonds is 5. The molecule has 0 spiro atoms. The predicted octanol–water partition coefficient (Wildman–Crippen LogP) is 3.47. The molecule has 0 aliphatic heterocycles. The number of nitrogens with zero attached hydrogens (tertiary/aromatic N) is 2. The lowest BCUT2D eigenvalue weighted by Gasteiger charge is -2.09. The van der Waals surface area contributed by atoms with Crippen molar-refractivity contribution < 1.29 is 8.42 Å². The Morgan fingerprint density at radius 2 is 2.05 bits per heavy atom. The number of aryl methyl sites for hydroxylation is 3. The summed E-state index contributed by atoms with van der Waals surface area (Å²) >= 11 is 3.36. The molecule has 0 fully saturated rings. The van der Waals surface area contributed by atoms with E-state index in [0.717, 1.165) is 23.0 Å². The van der Waals surface area contributed by atoms with Crippen molar-refractivity contribution in [3.8, 4) is 0 Å². The van der Waals surface area contributed by atoms with Gasteiger partial charge in [-0.3, -0.25) is 4.72 Å². The van der Waals surface area contributed by atoms with Gasteiger partial charge < -0.3 is 4.57 Å². The van der Waals surface area contributed by atoms with Crippen molar-refractivity contribution in [3.05, 3.63) is 40.3 Å². The summed E-state index contributed by atoms with van der Waals surface area (Å²) < 4.78 is 30.2. The van der Waals surface area contributed by atoms with E-state index < -0.39 is 10.0 Å². The molecule has 1 heterocycles. The second-order valence-electron chi connectivity index (χ2n) is 4.88. The van der Waals surface area contributed by atoms with Crippen LogP contribution >= 0.6 is 15.9 Å². The van der Waals surface area contributed by atoms with Crippen LogP contribution in [-0.4, -0.2) is 18.0 Å². The van der Waals surface area contributed by atoms with Gasteiger partial charge in [-0.15, -0.1) is 0 Å². The highest BCUT2D eigenvalue weighted by Gasteiger charge is 2.20. The standard InChI is InChI=1S/C14H18BrN3O2S/c1-4-7-18-9-14(16-11(18)3)21(19,20)17-13-6-5-12(15)8-10(13)2/h5-6,8-9,17H,4,7H2,1-3H3. The van der Waals surface area contributed by atoms with Crippen molar-refractivity contribution in [2.75, 3.05) is 4.72 Å². The third-order valence-corrected chi connectivity index (χ3v) is 4.86. The number of hydrogen-bond donors (Lipinski definition) is 1. The fourth-order valence-electron chi connectivity index (χ4n) is 2.01. The lowest BCUT2D eigenvalue weighted by atomic mass is 10.2. The molecule has 0 bridgehead atoms. The Hall–Kier alpha value is -1.34. The normalized spacial score (nSPS) is 11.6. The molecule has 0 saturated carbocycles. The lowest BCUT2D eigenvalue weighted by molar-refractivity contribution is 0.597. The zero-order valence-corrected chi connectivity index (χ0v) is 14.6. The SMILES string of the molecule is CCCn1cc(S(=O)(=O)Nc2ccc(Br)cc2C)nc1C. The van der Waals surface area contributed by atoms with Crippen LogP contribution in [0.25, 0.3) is 0 Å². The van der Waals surface area contributed by atoms with Crippen molar-refractivity contribution in [3.63, 3.8) is 0 Å². The van der Waals surface area contributed by atoms with E-state index in [4.69, 9.17) is 0 Å². The van der Waals surface area contributed by atoms with E-state index in [1.807, 2.05) is 24.5 Å². The Morgan fingerprint density at radius 3 is 2.67 bits per heavy atom.